The van der Waals surface area contributed by atoms with Crippen LogP contribution in [0.3, 0.4) is 0 Å². The first kappa shape index (κ1) is 19.4. The number of nitrogens with zero attached hydrogens (tertiary/aromatic N) is 3. The first-order valence-electron chi connectivity index (χ1n) is 9.74. The summed E-state index contributed by atoms with van der Waals surface area (Å²) >= 11 is 6.27. The number of non-ortho nitro benzene ring substituents is 1. The third kappa shape index (κ3) is 3.47. The standard InChI is InChI=1S/C23H18ClN3O4/c1-30-18-4-2-3-15(11-18)20-13-21-19-12-16(24)7-10-22(19)31-23(26(21)25-20)14-5-8-17(9-6-14)27(28)29/h2-12,21,23H,13H2,1H3/t21-,23+/m0/s1. The number of ether oxygens (including phenoxy) is 2. The van der Waals surface area contributed by atoms with Crippen molar-refractivity contribution in [1.82, 2.24) is 5.01 Å². The van der Waals surface area contributed by atoms with Gasteiger partial charge in [0, 0.05) is 40.3 Å². The Hall–Kier alpha value is -3.58. The SMILES string of the molecule is COc1cccc(C2=NN3[C@@H](c4ccc([N+](=O)[O-])cc4)Oc4ccc(Cl)cc4[C@@H]3C2)c1. The fourth-order valence-electron chi connectivity index (χ4n) is 4.02. The van der Waals surface area contributed by atoms with E-state index in [9.17, 15) is 10.1 Å². The molecule has 0 N–H and O–H groups in total. The highest BCUT2D eigenvalue weighted by molar-refractivity contribution is 6.30. The van der Waals surface area contributed by atoms with Crippen molar-refractivity contribution in [2.75, 3.05) is 7.11 Å². The molecule has 2 aliphatic heterocycles. The maximum atomic E-state index is 11.0. The van der Waals surface area contributed by atoms with E-state index in [-0.39, 0.29) is 11.7 Å². The monoisotopic (exact) mass is 435 g/mol. The molecule has 0 bridgehead atoms. The molecule has 0 radical (unpaired) electrons. The zero-order chi connectivity index (χ0) is 21.5. The van der Waals surface area contributed by atoms with Crippen LogP contribution >= 0.6 is 11.6 Å². The number of hydrogen-bond donors (Lipinski definition) is 0. The van der Waals surface area contributed by atoms with Crippen LogP contribution in [-0.2, 0) is 0 Å². The van der Waals surface area contributed by atoms with E-state index in [1.165, 1.54) is 12.1 Å². The molecule has 5 rings (SSSR count). The molecular weight excluding hydrogens is 418 g/mol. The van der Waals surface area contributed by atoms with Gasteiger partial charge in [-0.15, -0.1) is 0 Å². The molecular formula is C23H18ClN3O4. The van der Waals surface area contributed by atoms with Crippen molar-refractivity contribution in [3.63, 3.8) is 0 Å². The molecule has 0 aromatic heterocycles. The first-order chi connectivity index (χ1) is 15.0. The smallest absolute Gasteiger partial charge is 0.269 e. The molecule has 31 heavy (non-hydrogen) atoms. The predicted octanol–water partition coefficient (Wildman–Crippen LogP) is 5.50. The van der Waals surface area contributed by atoms with Crippen LogP contribution in [0.2, 0.25) is 5.02 Å². The van der Waals surface area contributed by atoms with Crippen molar-refractivity contribution in [3.05, 3.63) is 98.6 Å². The van der Waals surface area contributed by atoms with Crippen molar-refractivity contribution >= 4 is 23.0 Å². The van der Waals surface area contributed by atoms with Crippen LogP contribution in [0.25, 0.3) is 0 Å². The van der Waals surface area contributed by atoms with E-state index in [1.807, 2.05) is 41.4 Å². The second-order valence-electron chi connectivity index (χ2n) is 7.38. The van der Waals surface area contributed by atoms with Crippen molar-refractivity contribution in [1.29, 1.82) is 0 Å². The summed E-state index contributed by atoms with van der Waals surface area (Å²) in [6, 6.07) is 19.7. The molecule has 3 aromatic rings. The number of halogens is 1. The average Bonchev–Trinajstić information content (AvgIpc) is 3.25. The van der Waals surface area contributed by atoms with E-state index in [2.05, 4.69) is 0 Å². The van der Waals surface area contributed by atoms with Crippen LogP contribution in [0.15, 0.2) is 71.8 Å². The second kappa shape index (κ2) is 7.59. The number of benzene rings is 3. The minimum absolute atomic E-state index is 0.0327. The summed E-state index contributed by atoms with van der Waals surface area (Å²) in [4.78, 5) is 10.6. The van der Waals surface area contributed by atoms with Crippen molar-refractivity contribution in [3.8, 4) is 11.5 Å². The van der Waals surface area contributed by atoms with Crippen LogP contribution in [0.5, 0.6) is 11.5 Å². The van der Waals surface area contributed by atoms with E-state index < -0.39 is 11.2 Å². The van der Waals surface area contributed by atoms with Crippen LogP contribution in [0, 0.1) is 10.1 Å². The largest absolute Gasteiger partial charge is 0.497 e. The third-order valence-corrected chi connectivity index (χ3v) is 5.78. The van der Waals surface area contributed by atoms with Gasteiger partial charge in [-0.2, -0.15) is 5.10 Å². The molecule has 0 aliphatic carbocycles. The zero-order valence-corrected chi connectivity index (χ0v) is 17.3. The molecule has 156 valence electrons. The van der Waals surface area contributed by atoms with Gasteiger partial charge in [0.2, 0.25) is 6.23 Å². The lowest BCUT2D eigenvalue weighted by molar-refractivity contribution is -0.384. The van der Waals surface area contributed by atoms with Crippen molar-refractivity contribution in [2.45, 2.75) is 18.7 Å². The number of hydrazone groups is 1. The van der Waals surface area contributed by atoms with Crippen LogP contribution in [-0.4, -0.2) is 22.8 Å². The predicted molar refractivity (Wildman–Crippen MR) is 117 cm³/mol. The Morgan fingerprint density at radius 3 is 2.71 bits per heavy atom. The van der Waals surface area contributed by atoms with Gasteiger partial charge in [-0.25, -0.2) is 5.01 Å². The summed E-state index contributed by atoms with van der Waals surface area (Å²) in [5.41, 5.74) is 3.66. The summed E-state index contributed by atoms with van der Waals surface area (Å²) in [7, 11) is 1.63. The molecule has 8 heteroatoms. The minimum Gasteiger partial charge on any atom is -0.497 e. The zero-order valence-electron chi connectivity index (χ0n) is 16.6. The lowest BCUT2D eigenvalue weighted by Gasteiger charge is -2.38. The Labute approximate surface area is 183 Å². The number of fused-ring (bicyclic) bond motifs is 3. The highest BCUT2D eigenvalue weighted by Crippen LogP contribution is 2.48. The van der Waals surface area contributed by atoms with Gasteiger partial charge < -0.3 is 9.47 Å². The molecule has 7 nitrogen and oxygen atoms in total. The summed E-state index contributed by atoms with van der Waals surface area (Å²) in [6.45, 7) is 0. The van der Waals surface area contributed by atoms with E-state index in [0.717, 1.165) is 33.9 Å². The molecule has 2 atom stereocenters. The minimum atomic E-state index is -0.511. The van der Waals surface area contributed by atoms with Crippen molar-refractivity contribution in [2.24, 2.45) is 5.10 Å². The Morgan fingerprint density at radius 2 is 1.97 bits per heavy atom. The summed E-state index contributed by atoms with van der Waals surface area (Å²) in [5, 5.41) is 18.5. The number of methoxy groups -OCH3 is 1. The molecule has 2 heterocycles. The highest BCUT2D eigenvalue weighted by Gasteiger charge is 2.41. The summed E-state index contributed by atoms with van der Waals surface area (Å²) in [5.74, 6) is 1.49. The first-order valence-corrected chi connectivity index (χ1v) is 10.1. The number of nitro groups is 1. The second-order valence-corrected chi connectivity index (χ2v) is 7.82. The molecule has 0 saturated carbocycles. The Bertz CT molecular complexity index is 1200. The fourth-order valence-corrected chi connectivity index (χ4v) is 4.20. The van der Waals surface area contributed by atoms with E-state index in [0.29, 0.717) is 11.4 Å². The molecule has 0 amide bonds. The van der Waals surface area contributed by atoms with E-state index in [1.54, 1.807) is 25.3 Å². The van der Waals surface area contributed by atoms with Gasteiger partial charge in [0.15, 0.2) is 0 Å². The normalized spacial score (nSPS) is 19.2. The quantitative estimate of drug-likeness (QED) is 0.399. The van der Waals surface area contributed by atoms with Gasteiger partial charge in [0.25, 0.3) is 5.69 Å². The van der Waals surface area contributed by atoms with Gasteiger partial charge in [0.1, 0.15) is 11.5 Å². The Kier molecular flexibility index (Phi) is 4.75. The fraction of sp³-hybridized carbons (Fsp3) is 0.174. The summed E-state index contributed by atoms with van der Waals surface area (Å²) in [6.07, 6.45) is 0.162. The number of rotatable bonds is 4. The maximum Gasteiger partial charge on any atom is 0.269 e. The topological polar surface area (TPSA) is 77.2 Å². The molecule has 2 aliphatic rings. The highest BCUT2D eigenvalue weighted by atomic mass is 35.5. The molecule has 0 fully saturated rings. The van der Waals surface area contributed by atoms with Crippen LogP contribution in [0.4, 0.5) is 5.69 Å². The van der Waals surface area contributed by atoms with Crippen LogP contribution < -0.4 is 9.47 Å². The lowest BCUT2D eigenvalue weighted by Crippen LogP contribution is -2.33. The lowest BCUT2D eigenvalue weighted by atomic mass is 9.96. The number of hydrogen-bond acceptors (Lipinski definition) is 6. The van der Waals surface area contributed by atoms with Gasteiger partial charge in [-0.05, 0) is 42.5 Å². The van der Waals surface area contributed by atoms with Gasteiger partial charge in [-0.3, -0.25) is 10.1 Å². The maximum absolute atomic E-state index is 11.0. The Balaban J connectivity index is 1.57. The van der Waals surface area contributed by atoms with Gasteiger partial charge in [-0.1, -0.05) is 23.7 Å². The van der Waals surface area contributed by atoms with Gasteiger partial charge >= 0.3 is 0 Å². The molecule has 0 saturated heterocycles. The van der Waals surface area contributed by atoms with Crippen LogP contribution in [0.1, 0.15) is 35.4 Å². The third-order valence-electron chi connectivity index (χ3n) is 5.54. The van der Waals surface area contributed by atoms with Crippen molar-refractivity contribution < 1.29 is 14.4 Å². The van der Waals surface area contributed by atoms with Gasteiger partial charge in [0.05, 0.1) is 23.8 Å². The Morgan fingerprint density at radius 1 is 1.16 bits per heavy atom. The average molecular weight is 436 g/mol. The molecule has 0 unspecified atom stereocenters. The van der Waals surface area contributed by atoms with E-state index >= 15 is 0 Å². The molecule has 3 aromatic carbocycles. The number of nitro benzene ring substituents is 1. The molecule has 0 spiro atoms. The summed E-state index contributed by atoms with van der Waals surface area (Å²) < 4.78 is 11.6. The van der Waals surface area contributed by atoms with E-state index in [4.69, 9.17) is 26.2 Å².